The van der Waals surface area contributed by atoms with E-state index in [9.17, 15) is 18.3 Å². The predicted octanol–water partition coefficient (Wildman–Crippen LogP) is 0.842. The van der Waals surface area contributed by atoms with Crippen LogP contribution in [0.1, 0.15) is 33.3 Å². The summed E-state index contributed by atoms with van der Waals surface area (Å²) in [5.41, 5.74) is -1.26. The Balaban J connectivity index is 1.64. The molecule has 196 valence electrons. The fourth-order valence-corrected chi connectivity index (χ4v) is 5.96. The molecule has 1 atom stereocenters. The fraction of sp³-hybridized carbons (Fsp3) is 0.565. The maximum atomic E-state index is 13.4. The summed E-state index contributed by atoms with van der Waals surface area (Å²) in [6.45, 7) is 9.38. The van der Waals surface area contributed by atoms with Crippen molar-refractivity contribution >= 4 is 33.5 Å². The Kier molecular flexibility index (Phi) is 7.28. The number of halogens is 1. The minimum Gasteiger partial charge on any atom is -0.386 e. The van der Waals surface area contributed by atoms with E-state index in [1.165, 1.54) is 22.6 Å². The second-order valence-electron chi connectivity index (χ2n) is 10.1. The second kappa shape index (κ2) is 9.82. The summed E-state index contributed by atoms with van der Waals surface area (Å²) in [6.07, 6.45) is 4.43. The van der Waals surface area contributed by atoms with Gasteiger partial charge in [-0.25, -0.2) is 23.4 Å². The van der Waals surface area contributed by atoms with Crippen LogP contribution in [0.4, 0.5) is 5.95 Å². The molecule has 2 fully saturated rings. The van der Waals surface area contributed by atoms with Crippen LogP contribution >= 0.6 is 11.6 Å². The Morgan fingerprint density at radius 2 is 1.83 bits per heavy atom. The van der Waals surface area contributed by atoms with Gasteiger partial charge in [0.2, 0.25) is 21.9 Å². The lowest BCUT2D eigenvalue weighted by atomic mass is 9.97. The molecule has 0 aliphatic carbocycles. The van der Waals surface area contributed by atoms with E-state index in [1.807, 2.05) is 18.7 Å². The number of aromatic nitrogens is 3. The van der Waals surface area contributed by atoms with E-state index in [1.54, 1.807) is 26.2 Å². The summed E-state index contributed by atoms with van der Waals surface area (Å²) in [7, 11) is -3.81. The zero-order chi connectivity index (χ0) is 26.3. The van der Waals surface area contributed by atoms with Crippen LogP contribution in [0.5, 0.6) is 0 Å². The number of carbonyl (C=O) groups is 1. The molecule has 0 saturated carbocycles. The number of aliphatic hydroxyl groups is 1. The van der Waals surface area contributed by atoms with Crippen LogP contribution < -0.4 is 10.2 Å². The number of piperazine rings is 2. The number of sulfonamides is 1. The standard InChI is InChI=1S/C23H32ClN7O4S/c1-22(2)20(32)25-7-8-29(22)14-17-15-30(36(34,35)18-5-6-19(24)26-13-18)9-10-31(17)21-27-11-16(12-28-21)23(3,4)33/h5-6,11-13,17,33H,7-10,14-15H2,1-4H3,(H,25,32)/t17-/m0/s1. The van der Waals surface area contributed by atoms with E-state index in [-0.39, 0.29) is 35.1 Å². The van der Waals surface area contributed by atoms with Gasteiger partial charge in [-0.1, -0.05) is 11.6 Å². The third-order valence-electron chi connectivity index (χ3n) is 6.83. The van der Waals surface area contributed by atoms with E-state index in [4.69, 9.17) is 11.6 Å². The molecular formula is C23H32ClN7O4S. The molecule has 0 radical (unpaired) electrons. The van der Waals surface area contributed by atoms with Gasteiger partial charge in [-0.15, -0.1) is 0 Å². The van der Waals surface area contributed by atoms with Crippen molar-refractivity contribution in [2.45, 2.75) is 49.8 Å². The van der Waals surface area contributed by atoms with Gasteiger partial charge in [-0.2, -0.15) is 4.31 Å². The average Bonchev–Trinajstić information content (AvgIpc) is 2.82. The Hall–Kier alpha value is -2.38. The molecule has 2 aromatic rings. The normalized spacial score (nSPS) is 21.9. The molecule has 1 amide bonds. The highest BCUT2D eigenvalue weighted by molar-refractivity contribution is 7.89. The summed E-state index contributed by atoms with van der Waals surface area (Å²) in [4.78, 5) is 29.6. The molecule has 13 heteroatoms. The van der Waals surface area contributed by atoms with Gasteiger partial charge in [-0.3, -0.25) is 9.69 Å². The van der Waals surface area contributed by atoms with Crippen LogP contribution in [0.2, 0.25) is 5.15 Å². The maximum absolute atomic E-state index is 13.4. The Bertz CT molecular complexity index is 1200. The average molecular weight is 538 g/mol. The van der Waals surface area contributed by atoms with Gasteiger partial charge in [0, 0.05) is 63.4 Å². The Morgan fingerprint density at radius 3 is 2.44 bits per heavy atom. The minimum absolute atomic E-state index is 0.0707. The van der Waals surface area contributed by atoms with Crippen molar-refractivity contribution in [3.8, 4) is 0 Å². The largest absolute Gasteiger partial charge is 0.386 e. The second-order valence-corrected chi connectivity index (χ2v) is 12.4. The van der Waals surface area contributed by atoms with Gasteiger partial charge < -0.3 is 15.3 Å². The van der Waals surface area contributed by atoms with E-state index in [0.29, 0.717) is 37.7 Å². The molecule has 0 unspecified atom stereocenters. The summed E-state index contributed by atoms with van der Waals surface area (Å²) in [5.74, 6) is 0.371. The van der Waals surface area contributed by atoms with Gasteiger partial charge in [-0.05, 0) is 39.8 Å². The highest BCUT2D eigenvalue weighted by Gasteiger charge is 2.42. The molecule has 2 N–H and O–H groups in total. The summed E-state index contributed by atoms with van der Waals surface area (Å²) in [6, 6.07) is 2.57. The molecule has 4 heterocycles. The van der Waals surface area contributed by atoms with Gasteiger partial charge >= 0.3 is 0 Å². The zero-order valence-corrected chi connectivity index (χ0v) is 22.4. The number of anilines is 1. The molecule has 4 rings (SSSR count). The van der Waals surface area contributed by atoms with E-state index in [2.05, 4.69) is 25.2 Å². The number of pyridine rings is 1. The highest BCUT2D eigenvalue weighted by atomic mass is 35.5. The molecular weight excluding hydrogens is 506 g/mol. The minimum atomic E-state index is -3.81. The van der Waals surface area contributed by atoms with Crippen LogP contribution in [0.25, 0.3) is 0 Å². The third-order valence-corrected chi connectivity index (χ3v) is 8.90. The van der Waals surface area contributed by atoms with Crippen molar-refractivity contribution in [1.29, 1.82) is 0 Å². The lowest BCUT2D eigenvalue weighted by molar-refractivity contribution is -0.135. The van der Waals surface area contributed by atoms with Gasteiger partial charge in [0.25, 0.3) is 0 Å². The molecule has 0 bridgehead atoms. The first kappa shape index (κ1) is 26.7. The van der Waals surface area contributed by atoms with Crippen molar-refractivity contribution in [1.82, 2.24) is 29.5 Å². The predicted molar refractivity (Wildman–Crippen MR) is 135 cm³/mol. The van der Waals surface area contributed by atoms with Crippen LogP contribution in [0.15, 0.2) is 35.6 Å². The first-order chi connectivity index (χ1) is 16.8. The third kappa shape index (κ3) is 5.32. The molecule has 0 aromatic carbocycles. The SMILES string of the molecule is CC(C)(O)c1cnc(N2CCN(S(=O)(=O)c3ccc(Cl)nc3)C[C@@H]2CN2CCNC(=O)C2(C)C)nc1. The fourth-order valence-electron chi connectivity index (χ4n) is 4.43. The molecule has 2 aliphatic rings. The van der Waals surface area contributed by atoms with E-state index in [0.717, 1.165) is 0 Å². The smallest absolute Gasteiger partial charge is 0.244 e. The maximum Gasteiger partial charge on any atom is 0.244 e. The lowest BCUT2D eigenvalue weighted by Gasteiger charge is -2.47. The van der Waals surface area contributed by atoms with E-state index >= 15 is 0 Å². The number of hydrogen-bond acceptors (Lipinski definition) is 9. The first-order valence-corrected chi connectivity index (χ1v) is 13.6. The van der Waals surface area contributed by atoms with Gasteiger partial charge in [0.15, 0.2) is 0 Å². The number of hydrogen-bond donors (Lipinski definition) is 2. The summed E-state index contributed by atoms with van der Waals surface area (Å²) >= 11 is 5.85. The summed E-state index contributed by atoms with van der Waals surface area (Å²) in [5, 5.41) is 13.4. The van der Waals surface area contributed by atoms with Crippen molar-refractivity contribution < 1.29 is 18.3 Å². The van der Waals surface area contributed by atoms with Gasteiger partial charge in [0.1, 0.15) is 10.0 Å². The number of nitrogens with zero attached hydrogens (tertiary/aromatic N) is 6. The van der Waals surface area contributed by atoms with Gasteiger partial charge in [0.05, 0.1) is 17.2 Å². The van der Waals surface area contributed by atoms with Crippen molar-refractivity contribution in [3.63, 3.8) is 0 Å². The number of carbonyl (C=O) groups excluding carboxylic acids is 1. The van der Waals surface area contributed by atoms with Crippen molar-refractivity contribution in [3.05, 3.63) is 41.4 Å². The van der Waals surface area contributed by atoms with E-state index < -0.39 is 21.2 Å². The zero-order valence-electron chi connectivity index (χ0n) is 20.8. The monoisotopic (exact) mass is 537 g/mol. The van der Waals surface area contributed by atoms with Crippen LogP contribution in [-0.2, 0) is 20.4 Å². The Labute approximate surface area is 216 Å². The number of nitrogens with one attached hydrogen (secondary N) is 1. The molecule has 2 aromatic heterocycles. The van der Waals surface area contributed by atoms with Crippen LogP contribution in [0, 0.1) is 0 Å². The van der Waals surface area contributed by atoms with Crippen molar-refractivity contribution in [2.24, 2.45) is 0 Å². The molecule has 0 spiro atoms. The van der Waals surface area contributed by atoms with Crippen LogP contribution in [0.3, 0.4) is 0 Å². The highest BCUT2D eigenvalue weighted by Crippen LogP contribution is 2.27. The Morgan fingerprint density at radius 1 is 1.14 bits per heavy atom. The molecule has 11 nitrogen and oxygen atoms in total. The molecule has 2 aliphatic heterocycles. The molecule has 36 heavy (non-hydrogen) atoms. The quantitative estimate of drug-likeness (QED) is 0.514. The number of rotatable bonds is 6. The number of amides is 1. The molecule has 2 saturated heterocycles. The van der Waals surface area contributed by atoms with Crippen LogP contribution in [-0.4, -0.2) is 94.4 Å². The van der Waals surface area contributed by atoms with Crippen molar-refractivity contribution in [2.75, 3.05) is 44.2 Å². The summed E-state index contributed by atoms with van der Waals surface area (Å²) < 4.78 is 28.2. The lowest BCUT2D eigenvalue weighted by Crippen LogP contribution is -2.66. The topological polar surface area (TPSA) is 132 Å². The first-order valence-electron chi connectivity index (χ1n) is 11.8.